The van der Waals surface area contributed by atoms with Gasteiger partial charge in [0.2, 0.25) is 0 Å². The van der Waals surface area contributed by atoms with Gasteiger partial charge in [0.15, 0.2) is 0 Å². The highest BCUT2D eigenvalue weighted by Gasteiger charge is 2.15. The summed E-state index contributed by atoms with van der Waals surface area (Å²) in [6.07, 6.45) is 4.53. The number of nitrogens with zero attached hydrogens (tertiary/aromatic N) is 2. The lowest BCUT2D eigenvalue weighted by Gasteiger charge is -2.21. The Morgan fingerprint density at radius 3 is 2.62 bits per heavy atom. The number of aromatic nitrogens is 2. The summed E-state index contributed by atoms with van der Waals surface area (Å²) in [5.74, 6) is -0.205. The van der Waals surface area contributed by atoms with Gasteiger partial charge in [0.25, 0.3) is 5.91 Å². The predicted octanol–water partition coefficient (Wildman–Crippen LogP) is 3.01. The maximum absolute atomic E-state index is 12.0. The van der Waals surface area contributed by atoms with Gasteiger partial charge in [-0.1, -0.05) is 39.0 Å². The van der Waals surface area contributed by atoms with Crippen molar-refractivity contribution >= 4 is 5.91 Å². The number of aryl methyl sites for hydroxylation is 1. The number of amides is 1. The van der Waals surface area contributed by atoms with Crippen LogP contribution in [0, 0.1) is 6.92 Å². The van der Waals surface area contributed by atoms with Crippen molar-refractivity contribution in [1.82, 2.24) is 15.3 Å². The highest BCUT2D eigenvalue weighted by molar-refractivity contribution is 5.91. The van der Waals surface area contributed by atoms with Gasteiger partial charge in [-0.15, -0.1) is 0 Å². The number of nitrogens with one attached hydrogen (secondary N) is 1. The molecule has 0 radical (unpaired) electrons. The molecule has 0 saturated heterocycles. The van der Waals surface area contributed by atoms with Crippen LogP contribution in [0.25, 0.3) is 0 Å². The van der Waals surface area contributed by atoms with E-state index in [1.54, 1.807) is 6.20 Å². The molecule has 110 valence electrons. The second-order valence-corrected chi connectivity index (χ2v) is 6.16. The fourth-order valence-corrected chi connectivity index (χ4v) is 2.01. The molecular formula is C17H21N3O. The van der Waals surface area contributed by atoms with E-state index in [4.69, 9.17) is 0 Å². The van der Waals surface area contributed by atoms with Crippen LogP contribution in [0.2, 0.25) is 0 Å². The van der Waals surface area contributed by atoms with Crippen LogP contribution in [0.1, 0.15) is 48.0 Å². The summed E-state index contributed by atoms with van der Waals surface area (Å²) in [6.45, 7) is 9.08. The lowest BCUT2D eigenvalue weighted by atomic mass is 9.85. The third-order valence-corrected chi connectivity index (χ3v) is 3.45. The molecule has 0 bridgehead atoms. The topological polar surface area (TPSA) is 54.9 Å². The Balaban J connectivity index is 2.11. The molecule has 1 aromatic carbocycles. The van der Waals surface area contributed by atoms with Crippen molar-refractivity contribution in [3.05, 3.63) is 59.2 Å². The molecule has 1 heterocycles. The summed E-state index contributed by atoms with van der Waals surface area (Å²) in [6, 6.07) is 6.40. The van der Waals surface area contributed by atoms with Crippen LogP contribution < -0.4 is 5.32 Å². The monoisotopic (exact) mass is 283 g/mol. The molecule has 0 unspecified atom stereocenters. The van der Waals surface area contributed by atoms with E-state index in [0.29, 0.717) is 12.2 Å². The summed E-state index contributed by atoms with van der Waals surface area (Å²) in [4.78, 5) is 19.9. The Bertz CT molecular complexity index is 630. The molecule has 0 aliphatic rings. The molecule has 1 amide bonds. The number of hydrogen-bond donors (Lipinski definition) is 1. The van der Waals surface area contributed by atoms with Crippen molar-refractivity contribution in [2.45, 2.75) is 39.7 Å². The first-order valence-electron chi connectivity index (χ1n) is 7.02. The van der Waals surface area contributed by atoms with Crippen LogP contribution in [0.15, 0.2) is 36.8 Å². The van der Waals surface area contributed by atoms with Crippen molar-refractivity contribution in [2.24, 2.45) is 0 Å². The second-order valence-electron chi connectivity index (χ2n) is 6.16. The van der Waals surface area contributed by atoms with E-state index in [0.717, 1.165) is 5.56 Å². The summed E-state index contributed by atoms with van der Waals surface area (Å²) in [5.41, 5.74) is 3.98. The van der Waals surface area contributed by atoms with Gasteiger partial charge in [0, 0.05) is 18.9 Å². The number of carbonyl (C=O) groups is 1. The average Bonchev–Trinajstić information content (AvgIpc) is 2.45. The molecule has 0 fully saturated rings. The standard InChI is InChI=1S/C17H21N3O/c1-12-5-6-14(17(2,3)4)9-13(12)10-20-16(21)15-11-18-7-8-19-15/h5-9,11H,10H2,1-4H3,(H,20,21). The first kappa shape index (κ1) is 15.2. The van der Waals surface area contributed by atoms with E-state index in [1.807, 2.05) is 0 Å². The number of hydrogen-bond acceptors (Lipinski definition) is 3. The Morgan fingerprint density at radius 1 is 1.24 bits per heavy atom. The Kier molecular flexibility index (Phi) is 4.36. The van der Waals surface area contributed by atoms with Crippen LogP contribution in [-0.4, -0.2) is 15.9 Å². The predicted molar refractivity (Wildman–Crippen MR) is 83.1 cm³/mol. The minimum Gasteiger partial charge on any atom is -0.347 e. The van der Waals surface area contributed by atoms with Crippen molar-refractivity contribution < 1.29 is 4.79 Å². The van der Waals surface area contributed by atoms with Crippen LogP contribution in [-0.2, 0) is 12.0 Å². The van der Waals surface area contributed by atoms with Gasteiger partial charge in [0.05, 0.1) is 6.20 Å². The second kappa shape index (κ2) is 6.04. The fraction of sp³-hybridized carbons (Fsp3) is 0.353. The van der Waals surface area contributed by atoms with Gasteiger partial charge in [0.1, 0.15) is 5.69 Å². The van der Waals surface area contributed by atoms with Crippen molar-refractivity contribution in [1.29, 1.82) is 0 Å². The van der Waals surface area contributed by atoms with Crippen LogP contribution in [0.3, 0.4) is 0 Å². The summed E-state index contributed by atoms with van der Waals surface area (Å²) >= 11 is 0. The maximum Gasteiger partial charge on any atom is 0.271 e. The van der Waals surface area contributed by atoms with Gasteiger partial charge in [-0.25, -0.2) is 4.98 Å². The number of carbonyl (C=O) groups excluding carboxylic acids is 1. The SMILES string of the molecule is Cc1ccc(C(C)(C)C)cc1CNC(=O)c1cnccn1. The Labute approximate surface area is 125 Å². The van der Waals surface area contributed by atoms with Crippen LogP contribution >= 0.6 is 0 Å². The molecule has 0 aliphatic heterocycles. The third-order valence-electron chi connectivity index (χ3n) is 3.45. The van der Waals surface area contributed by atoms with Gasteiger partial charge in [-0.05, 0) is 29.0 Å². The zero-order valence-corrected chi connectivity index (χ0v) is 13.0. The number of rotatable bonds is 3. The minimum atomic E-state index is -0.205. The Morgan fingerprint density at radius 2 is 2.00 bits per heavy atom. The van der Waals surface area contributed by atoms with Crippen LogP contribution in [0.4, 0.5) is 0 Å². The van der Waals surface area contributed by atoms with Gasteiger partial charge < -0.3 is 5.32 Å². The molecule has 0 saturated carbocycles. The molecule has 0 spiro atoms. The minimum absolute atomic E-state index is 0.0946. The highest BCUT2D eigenvalue weighted by atomic mass is 16.1. The molecular weight excluding hydrogens is 262 g/mol. The number of benzene rings is 1. The zero-order chi connectivity index (χ0) is 15.5. The first-order chi connectivity index (χ1) is 9.88. The smallest absolute Gasteiger partial charge is 0.271 e. The van der Waals surface area contributed by atoms with E-state index in [1.165, 1.54) is 23.5 Å². The Hall–Kier alpha value is -2.23. The largest absolute Gasteiger partial charge is 0.347 e. The third kappa shape index (κ3) is 3.88. The molecule has 0 aliphatic carbocycles. The molecule has 2 aromatic rings. The van der Waals surface area contributed by atoms with Gasteiger partial charge in [-0.2, -0.15) is 0 Å². The molecule has 21 heavy (non-hydrogen) atoms. The lowest BCUT2D eigenvalue weighted by molar-refractivity contribution is 0.0945. The average molecular weight is 283 g/mol. The summed E-state index contributed by atoms with van der Waals surface area (Å²) < 4.78 is 0. The lowest BCUT2D eigenvalue weighted by Crippen LogP contribution is -2.24. The van der Waals surface area contributed by atoms with Gasteiger partial charge >= 0.3 is 0 Å². The van der Waals surface area contributed by atoms with E-state index in [2.05, 4.69) is 61.2 Å². The van der Waals surface area contributed by atoms with Crippen LogP contribution in [0.5, 0.6) is 0 Å². The van der Waals surface area contributed by atoms with Crippen molar-refractivity contribution in [3.63, 3.8) is 0 Å². The zero-order valence-electron chi connectivity index (χ0n) is 13.0. The molecule has 1 N–H and O–H groups in total. The quantitative estimate of drug-likeness (QED) is 0.942. The molecule has 4 heteroatoms. The van der Waals surface area contributed by atoms with Gasteiger partial charge in [-0.3, -0.25) is 9.78 Å². The fourth-order valence-electron chi connectivity index (χ4n) is 2.01. The van der Waals surface area contributed by atoms with E-state index in [9.17, 15) is 4.79 Å². The van der Waals surface area contributed by atoms with E-state index >= 15 is 0 Å². The summed E-state index contributed by atoms with van der Waals surface area (Å²) in [7, 11) is 0. The van der Waals surface area contributed by atoms with E-state index < -0.39 is 0 Å². The highest BCUT2D eigenvalue weighted by Crippen LogP contribution is 2.24. The molecule has 0 atom stereocenters. The summed E-state index contributed by atoms with van der Waals surface area (Å²) in [5, 5.41) is 2.89. The molecule has 1 aromatic heterocycles. The first-order valence-corrected chi connectivity index (χ1v) is 7.02. The van der Waals surface area contributed by atoms with Crippen molar-refractivity contribution in [2.75, 3.05) is 0 Å². The molecule has 2 rings (SSSR count). The molecule has 4 nitrogen and oxygen atoms in total. The maximum atomic E-state index is 12.0. The van der Waals surface area contributed by atoms with E-state index in [-0.39, 0.29) is 11.3 Å². The normalized spacial score (nSPS) is 11.2. The van der Waals surface area contributed by atoms with Crippen molar-refractivity contribution in [3.8, 4) is 0 Å².